The summed E-state index contributed by atoms with van der Waals surface area (Å²) in [5.74, 6) is 2.51. The normalized spacial score (nSPS) is 12.5. The zero-order valence-electron chi connectivity index (χ0n) is 8.42. The first-order valence-electron chi connectivity index (χ1n) is 4.18. The predicted octanol–water partition coefficient (Wildman–Crippen LogP) is 0.975. The molecule has 0 saturated carbocycles. The summed E-state index contributed by atoms with van der Waals surface area (Å²) in [5, 5.41) is 0. The second-order valence-corrected chi connectivity index (χ2v) is 5.98. The van der Waals surface area contributed by atoms with Gasteiger partial charge in [0.15, 0.2) is 0 Å². The third kappa shape index (κ3) is 7.82. The van der Waals surface area contributed by atoms with Gasteiger partial charge >= 0.3 is 0 Å². The summed E-state index contributed by atoms with van der Waals surface area (Å²) >= 11 is 0. The molecular formula is C9H17NO2S. The van der Waals surface area contributed by atoms with E-state index >= 15 is 0 Å². The molecule has 0 atom stereocenters. The fourth-order valence-corrected chi connectivity index (χ4v) is 2.56. The number of rotatable bonds is 4. The van der Waals surface area contributed by atoms with E-state index in [2.05, 4.69) is 10.6 Å². The molecule has 76 valence electrons. The average Bonchev–Trinajstić information content (AvgIpc) is 1.81. The van der Waals surface area contributed by atoms with E-state index in [1.165, 1.54) is 0 Å². The van der Waals surface area contributed by atoms with Gasteiger partial charge in [-0.25, -0.2) is 13.1 Å². The molecule has 0 saturated heterocycles. The van der Waals surface area contributed by atoms with Crippen molar-refractivity contribution in [1.29, 1.82) is 0 Å². The first-order valence-corrected chi connectivity index (χ1v) is 5.83. The van der Waals surface area contributed by atoms with Gasteiger partial charge in [0.05, 0.1) is 5.75 Å². The maximum atomic E-state index is 11.3. The number of terminal acetylenes is 1. The molecule has 0 heterocycles. The van der Waals surface area contributed by atoms with Crippen molar-refractivity contribution < 1.29 is 8.42 Å². The number of nitrogens with one attached hydrogen (secondary N) is 1. The summed E-state index contributed by atoms with van der Waals surface area (Å²) in [6, 6.07) is 0. The van der Waals surface area contributed by atoms with Crippen LogP contribution in [0.25, 0.3) is 0 Å². The van der Waals surface area contributed by atoms with Gasteiger partial charge in [0.25, 0.3) is 0 Å². The van der Waals surface area contributed by atoms with Crippen molar-refractivity contribution >= 4 is 10.0 Å². The summed E-state index contributed by atoms with van der Waals surface area (Å²) in [6.07, 6.45) is 5.43. The summed E-state index contributed by atoms with van der Waals surface area (Å²) in [7, 11) is -3.16. The van der Waals surface area contributed by atoms with Crippen LogP contribution >= 0.6 is 0 Å². The number of sulfonamides is 1. The minimum atomic E-state index is -3.16. The highest BCUT2D eigenvalue weighted by Gasteiger charge is 2.20. The Labute approximate surface area is 81.0 Å². The Bertz CT molecular complexity index is 280. The van der Waals surface area contributed by atoms with E-state index in [4.69, 9.17) is 6.42 Å². The van der Waals surface area contributed by atoms with Gasteiger partial charge in [-0.05, 0) is 5.41 Å². The first kappa shape index (κ1) is 12.5. The summed E-state index contributed by atoms with van der Waals surface area (Å²) in [4.78, 5) is 0. The molecule has 0 unspecified atom stereocenters. The molecule has 0 fully saturated rings. The van der Waals surface area contributed by atoms with Crippen molar-refractivity contribution in [2.45, 2.75) is 27.2 Å². The van der Waals surface area contributed by atoms with Gasteiger partial charge in [-0.3, -0.25) is 0 Å². The highest BCUT2D eigenvalue weighted by molar-refractivity contribution is 7.89. The van der Waals surface area contributed by atoms with Crippen LogP contribution in [-0.4, -0.2) is 20.7 Å². The second-order valence-electron chi connectivity index (χ2n) is 4.17. The zero-order valence-corrected chi connectivity index (χ0v) is 9.24. The van der Waals surface area contributed by atoms with E-state index in [0.717, 1.165) is 0 Å². The van der Waals surface area contributed by atoms with Gasteiger partial charge in [-0.15, -0.1) is 12.3 Å². The lowest BCUT2D eigenvalue weighted by Gasteiger charge is -2.17. The zero-order chi connectivity index (χ0) is 10.5. The Kier molecular flexibility index (Phi) is 4.45. The van der Waals surface area contributed by atoms with E-state index in [1.807, 2.05) is 20.8 Å². The van der Waals surface area contributed by atoms with Crippen molar-refractivity contribution in [3.63, 3.8) is 0 Å². The summed E-state index contributed by atoms with van der Waals surface area (Å²) < 4.78 is 25.1. The molecule has 0 aliphatic carbocycles. The largest absolute Gasteiger partial charge is 0.214 e. The number of hydrogen-bond acceptors (Lipinski definition) is 2. The topological polar surface area (TPSA) is 46.2 Å². The van der Waals surface area contributed by atoms with Crippen molar-refractivity contribution in [1.82, 2.24) is 4.72 Å². The lowest BCUT2D eigenvalue weighted by atomic mass is 10.0. The van der Waals surface area contributed by atoms with E-state index in [9.17, 15) is 8.42 Å². The molecule has 0 aromatic rings. The highest BCUT2D eigenvalue weighted by Crippen LogP contribution is 2.14. The van der Waals surface area contributed by atoms with Gasteiger partial charge in [0, 0.05) is 13.0 Å². The van der Waals surface area contributed by atoms with Crippen LogP contribution in [-0.2, 0) is 10.0 Å². The van der Waals surface area contributed by atoms with Crippen molar-refractivity contribution in [2.75, 3.05) is 12.3 Å². The third-order valence-corrected chi connectivity index (χ3v) is 3.10. The van der Waals surface area contributed by atoms with E-state index in [-0.39, 0.29) is 11.2 Å². The van der Waals surface area contributed by atoms with Crippen LogP contribution < -0.4 is 4.72 Å². The van der Waals surface area contributed by atoms with Gasteiger partial charge < -0.3 is 0 Å². The first-order chi connectivity index (χ1) is 5.77. The lowest BCUT2D eigenvalue weighted by Crippen LogP contribution is -2.32. The summed E-state index contributed by atoms with van der Waals surface area (Å²) in [5.41, 5.74) is -0.220. The molecule has 0 aliphatic rings. The van der Waals surface area contributed by atoms with Crippen LogP contribution in [0, 0.1) is 17.8 Å². The molecular weight excluding hydrogens is 186 g/mol. The van der Waals surface area contributed by atoms with Crippen molar-refractivity contribution in [3.05, 3.63) is 0 Å². The Morgan fingerprint density at radius 1 is 1.38 bits per heavy atom. The summed E-state index contributed by atoms with van der Waals surface area (Å²) in [6.45, 7) is 5.98. The minimum Gasteiger partial charge on any atom is -0.214 e. The van der Waals surface area contributed by atoms with Gasteiger partial charge in [0.2, 0.25) is 10.0 Å². The van der Waals surface area contributed by atoms with Crippen LogP contribution in [0.15, 0.2) is 0 Å². The molecule has 0 amide bonds. The maximum absolute atomic E-state index is 11.3. The molecule has 0 radical (unpaired) electrons. The second kappa shape index (κ2) is 4.64. The van der Waals surface area contributed by atoms with Gasteiger partial charge in [-0.2, -0.15) is 0 Å². The molecule has 0 bridgehead atoms. The predicted molar refractivity (Wildman–Crippen MR) is 54.7 cm³/mol. The minimum absolute atomic E-state index is 0.130. The molecule has 0 aromatic heterocycles. The van der Waals surface area contributed by atoms with Crippen molar-refractivity contribution in [3.8, 4) is 12.3 Å². The quantitative estimate of drug-likeness (QED) is 0.547. The molecule has 0 rings (SSSR count). The molecule has 0 aliphatic heterocycles. The van der Waals surface area contributed by atoms with Crippen LogP contribution in [0.3, 0.4) is 0 Å². The Hall–Kier alpha value is -0.530. The molecule has 3 nitrogen and oxygen atoms in total. The Balaban J connectivity index is 4.05. The van der Waals surface area contributed by atoms with Gasteiger partial charge in [-0.1, -0.05) is 20.8 Å². The molecule has 0 spiro atoms. The number of hydrogen-bond donors (Lipinski definition) is 1. The van der Waals surface area contributed by atoms with Crippen molar-refractivity contribution in [2.24, 2.45) is 5.41 Å². The molecule has 4 heteroatoms. The third-order valence-electron chi connectivity index (χ3n) is 1.21. The average molecular weight is 203 g/mol. The fourth-order valence-electron chi connectivity index (χ4n) is 0.900. The van der Waals surface area contributed by atoms with E-state index in [0.29, 0.717) is 13.0 Å². The fraction of sp³-hybridized carbons (Fsp3) is 0.778. The van der Waals surface area contributed by atoms with Crippen LogP contribution in [0.4, 0.5) is 0 Å². The SMILES string of the molecule is C#CCCNS(=O)(=O)CC(C)(C)C. The maximum Gasteiger partial charge on any atom is 0.212 e. The highest BCUT2D eigenvalue weighted by atomic mass is 32.2. The molecule has 0 aromatic carbocycles. The van der Waals surface area contributed by atoms with Crippen LogP contribution in [0.1, 0.15) is 27.2 Å². The van der Waals surface area contributed by atoms with E-state index in [1.54, 1.807) is 0 Å². The Morgan fingerprint density at radius 3 is 2.31 bits per heavy atom. The van der Waals surface area contributed by atoms with Gasteiger partial charge in [0.1, 0.15) is 0 Å². The lowest BCUT2D eigenvalue weighted by molar-refractivity contribution is 0.458. The van der Waals surface area contributed by atoms with E-state index < -0.39 is 10.0 Å². The van der Waals surface area contributed by atoms with Crippen LogP contribution in [0.5, 0.6) is 0 Å². The smallest absolute Gasteiger partial charge is 0.212 e. The monoisotopic (exact) mass is 203 g/mol. The standard InChI is InChI=1S/C9H17NO2S/c1-5-6-7-10-13(11,12)8-9(2,3)4/h1,10H,6-8H2,2-4H3. The van der Waals surface area contributed by atoms with Crippen LogP contribution in [0.2, 0.25) is 0 Å². The molecule has 13 heavy (non-hydrogen) atoms. The molecule has 1 N–H and O–H groups in total. The Morgan fingerprint density at radius 2 is 1.92 bits per heavy atom.